The normalized spacial score (nSPS) is 14.6. The summed E-state index contributed by atoms with van der Waals surface area (Å²) in [5.41, 5.74) is 2.33. The second-order valence-electron chi connectivity index (χ2n) is 7.02. The number of piperazine rings is 1. The predicted molar refractivity (Wildman–Crippen MR) is 127 cm³/mol. The molecule has 1 aliphatic rings. The number of aliphatic imine (C=N–C) groups is 1. The fourth-order valence-electron chi connectivity index (χ4n) is 2.91. The summed E-state index contributed by atoms with van der Waals surface area (Å²) in [6, 6.07) is 8.39. The summed E-state index contributed by atoms with van der Waals surface area (Å²) in [5, 5.41) is 3.36. The van der Waals surface area contributed by atoms with Crippen LogP contribution in [0.25, 0.3) is 0 Å². The molecule has 1 fully saturated rings. The molecule has 1 N–H and O–H groups in total. The van der Waals surface area contributed by atoms with Gasteiger partial charge in [-0.3, -0.25) is 0 Å². The Morgan fingerprint density at radius 3 is 2.21 bits per heavy atom. The summed E-state index contributed by atoms with van der Waals surface area (Å²) in [7, 11) is 0. The summed E-state index contributed by atoms with van der Waals surface area (Å²) < 4.78 is 10.7. The van der Waals surface area contributed by atoms with Crippen molar-refractivity contribution in [1.82, 2.24) is 15.1 Å². The fraction of sp³-hybridized carbons (Fsp3) is 0.619. The molecule has 0 aromatic heterocycles. The lowest BCUT2D eigenvalue weighted by Crippen LogP contribution is -2.53. The number of halogens is 1. The van der Waals surface area contributed by atoms with E-state index >= 15 is 0 Å². The zero-order valence-electron chi connectivity index (χ0n) is 18.0. The van der Waals surface area contributed by atoms with Crippen LogP contribution in [-0.2, 0) is 22.6 Å². The van der Waals surface area contributed by atoms with Gasteiger partial charge in [0.05, 0.1) is 25.9 Å². The lowest BCUT2D eigenvalue weighted by molar-refractivity contribution is 0.0657. The highest BCUT2D eigenvalue weighted by Crippen LogP contribution is 2.09. The molecule has 0 spiro atoms. The molecule has 1 aromatic carbocycles. The van der Waals surface area contributed by atoms with Crippen molar-refractivity contribution in [3.05, 3.63) is 35.4 Å². The number of carbonyl (C=O) groups excluding carboxylic acids is 1. The number of benzene rings is 1. The van der Waals surface area contributed by atoms with Gasteiger partial charge in [0.15, 0.2) is 5.96 Å². The second-order valence-corrected chi connectivity index (χ2v) is 7.02. The third kappa shape index (κ3) is 8.77. The smallest absolute Gasteiger partial charge is 0.409 e. The van der Waals surface area contributed by atoms with Crippen LogP contribution in [-0.4, -0.2) is 67.3 Å². The van der Waals surface area contributed by atoms with Gasteiger partial charge in [0.25, 0.3) is 0 Å². The number of ether oxygens (including phenoxy) is 2. The Morgan fingerprint density at radius 1 is 1.07 bits per heavy atom. The molecule has 164 valence electrons. The average Bonchev–Trinajstić information content (AvgIpc) is 2.70. The van der Waals surface area contributed by atoms with Crippen molar-refractivity contribution >= 4 is 36.0 Å². The second kappa shape index (κ2) is 13.6. The Bertz CT molecular complexity index is 629. The Kier molecular flexibility index (Phi) is 12.0. The van der Waals surface area contributed by atoms with Gasteiger partial charge in [-0.2, -0.15) is 0 Å². The molecular formula is C21H35IN4O3. The SMILES string of the molecule is CCNC(=NCc1ccc(COC(C)C)cc1)N1CCN(C(=O)OCC)CC1.I. The number of carbonyl (C=O) groups is 1. The predicted octanol–water partition coefficient (Wildman–Crippen LogP) is 3.47. The molecule has 2 rings (SSSR count). The molecule has 29 heavy (non-hydrogen) atoms. The highest BCUT2D eigenvalue weighted by atomic mass is 127. The molecule has 1 amide bonds. The minimum atomic E-state index is -0.231. The molecular weight excluding hydrogens is 483 g/mol. The van der Waals surface area contributed by atoms with Gasteiger partial charge in [0, 0.05) is 32.7 Å². The molecule has 1 aliphatic heterocycles. The summed E-state index contributed by atoms with van der Waals surface area (Å²) >= 11 is 0. The number of nitrogens with zero attached hydrogens (tertiary/aromatic N) is 3. The van der Waals surface area contributed by atoms with Crippen LogP contribution in [0.2, 0.25) is 0 Å². The third-order valence-corrected chi connectivity index (χ3v) is 4.46. The molecule has 0 radical (unpaired) electrons. The first-order chi connectivity index (χ1) is 13.5. The van der Waals surface area contributed by atoms with E-state index in [0.717, 1.165) is 31.2 Å². The lowest BCUT2D eigenvalue weighted by atomic mass is 10.1. The summed E-state index contributed by atoms with van der Waals surface area (Å²) in [6.45, 7) is 13.2. The third-order valence-electron chi connectivity index (χ3n) is 4.46. The Morgan fingerprint density at radius 2 is 1.66 bits per heavy atom. The molecule has 0 unspecified atom stereocenters. The Hall–Kier alpha value is -1.55. The highest BCUT2D eigenvalue weighted by Gasteiger charge is 2.23. The van der Waals surface area contributed by atoms with Crippen molar-refractivity contribution in [3.8, 4) is 0 Å². The van der Waals surface area contributed by atoms with Gasteiger partial charge in [-0.15, -0.1) is 24.0 Å². The van der Waals surface area contributed by atoms with Crippen molar-refractivity contribution in [3.63, 3.8) is 0 Å². The molecule has 1 saturated heterocycles. The van der Waals surface area contributed by atoms with E-state index in [4.69, 9.17) is 14.5 Å². The number of nitrogens with one attached hydrogen (secondary N) is 1. The maximum Gasteiger partial charge on any atom is 0.409 e. The van der Waals surface area contributed by atoms with Crippen LogP contribution >= 0.6 is 24.0 Å². The van der Waals surface area contributed by atoms with Gasteiger partial charge in [0.1, 0.15) is 0 Å². The zero-order valence-corrected chi connectivity index (χ0v) is 20.3. The van der Waals surface area contributed by atoms with Crippen molar-refractivity contribution in [2.24, 2.45) is 4.99 Å². The van der Waals surface area contributed by atoms with Gasteiger partial charge in [-0.25, -0.2) is 9.79 Å². The van der Waals surface area contributed by atoms with Crippen LogP contribution in [0.4, 0.5) is 4.79 Å². The molecule has 0 aliphatic carbocycles. The van der Waals surface area contributed by atoms with E-state index in [-0.39, 0.29) is 36.2 Å². The van der Waals surface area contributed by atoms with Gasteiger partial charge in [-0.1, -0.05) is 24.3 Å². The van der Waals surface area contributed by atoms with Crippen LogP contribution in [0.15, 0.2) is 29.3 Å². The Balaban J connectivity index is 0.00000420. The van der Waals surface area contributed by atoms with E-state index in [1.165, 1.54) is 5.56 Å². The van der Waals surface area contributed by atoms with Gasteiger partial charge in [0.2, 0.25) is 0 Å². The van der Waals surface area contributed by atoms with Crippen LogP contribution in [0.3, 0.4) is 0 Å². The minimum Gasteiger partial charge on any atom is -0.450 e. The van der Waals surface area contributed by atoms with Crippen LogP contribution in [0, 0.1) is 0 Å². The number of guanidine groups is 1. The van der Waals surface area contributed by atoms with E-state index in [2.05, 4.69) is 41.4 Å². The first kappa shape index (κ1) is 25.5. The van der Waals surface area contributed by atoms with Crippen molar-refractivity contribution in [2.45, 2.75) is 47.0 Å². The molecule has 7 nitrogen and oxygen atoms in total. The van der Waals surface area contributed by atoms with E-state index in [9.17, 15) is 4.79 Å². The van der Waals surface area contributed by atoms with Crippen molar-refractivity contribution < 1.29 is 14.3 Å². The molecule has 0 atom stereocenters. The van der Waals surface area contributed by atoms with E-state index < -0.39 is 0 Å². The van der Waals surface area contributed by atoms with Crippen molar-refractivity contribution in [1.29, 1.82) is 0 Å². The zero-order chi connectivity index (χ0) is 20.4. The largest absolute Gasteiger partial charge is 0.450 e. The van der Waals surface area contributed by atoms with Gasteiger partial charge < -0.3 is 24.6 Å². The number of amides is 1. The summed E-state index contributed by atoms with van der Waals surface area (Å²) in [5.74, 6) is 0.887. The number of rotatable bonds is 7. The average molecular weight is 518 g/mol. The first-order valence-corrected chi connectivity index (χ1v) is 10.2. The van der Waals surface area contributed by atoms with Crippen molar-refractivity contribution in [2.75, 3.05) is 39.3 Å². The minimum absolute atomic E-state index is 0. The van der Waals surface area contributed by atoms with E-state index in [0.29, 0.717) is 32.8 Å². The maximum atomic E-state index is 11.9. The first-order valence-electron chi connectivity index (χ1n) is 10.2. The summed E-state index contributed by atoms with van der Waals surface area (Å²) in [6.07, 6.45) is 0.00174. The van der Waals surface area contributed by atoms with Gasteiger partial charge >= 0.3 is 6.09 Å². The molecule has 8 heteroatoms. The van der Waals surface area contributed by atoms with Gasteiger partial charge in [-0.05, 0) is 38.8 Å². The molecule has 0 saturated carbocycles. The van der Waals surface area contributed by atoms with E-state index in [1.807, 2.05) is 20.8 Å². The fourth-order valence-corrected chi connectivity index (χ4v) is 2.91. The monoisotopic (exact) mass is 518 g/mol. The Labute approximate surface area is 191 Å². The standard InChI is InChI=1S/C21H34N4O3.HI/c1-5-22-20(24-11-13-25(14-12-24)21(26)27-6-2)23-15-18-7-9-19(10-8-18)16-28-17(3)4;/h7-10,17H,5-6,11-16H2,1-4H3,(H,22,23);1H. The maximum absolute atomic E-state index is 11.9. The topological polar surface area (TPSA) is 66.4 Å². The highest BCUT2D eigenvalue weighted by molar-refractivity contribution is 14.0. The van der Waals surface area contributed by atoms with Crippen LogP contribution in [0.5, 0.6) is 0 Å². The molecule has 1 aromatic rings. The van der Waals surface area contributed by atoms with Crippen LogP contribution < -0.4 is 5.32 Å². The number of hydrogen-bond acceptors (Lipinski definition) is 4. The summed E-state index contributed by atoms with van der Waals surface area (Å²) in [4.78, 5) is 20.6. The van der Waals surface area contributed by atoms with E-state index in [1.54, 1.807) is 4.90 Å². The molecule has 1 heterocycles. The molecule has 0 bridgehead atoms. The lowest BCUT2D eigenvalue weighted by Gasteiger charge is -2.35. The quantitative estimate of drug-likeness (QED) is 0.340. The number of hydrogen-bond donors (Lipinski definition) is 1. The van der Waals surface area contributed by atoms with Crippen LogP contribution in [0.1, 0.15) is 38.8 Å².